The molecular weight excluding hydrogens is 469 g/mol. The summed E-state index contributed by atoms with van der Waals surface area (Å²) >= 11 is 17.1. The maximum atomic E-state index is 12.4. The fourth-order valence-corrected chi connectivity index (χ4v) is 3.12. The molecule has 0 fully saturated rings. The molecule has 1 atom stereocenters. The molecule has 164 valence electrons. The van der Waals surface area contributed by atoms with Gasteiger partial charge in [-0.05, 0) is 79.8 Å². The van der Waals surface area contributed by atoms with Gasteiger partial charge in [-0.15, -0.1) is 0 Å². The van der Waals surface area contributed by atoms with Gasteiger partial charge in [0.25, 0.3) is 11.8 Å². The lowest BCUT2D eigenvalue weighted by Crippen LogP contribution is -2.34. The number of hydrogen-bond acceptors (Lipinski definition) is 4. The van der Waals surface area contributed by atoms with Crippen LogP contribution >= 0.6 is 35.4 Å². The van der Waals surface area contributed by atoms with Gasteiger partial charge in [0.2, 0.25) is 0 Å². The Labute approximate surface area is 200 Å². The van der Waals surface area contributed by atoms with Gasteiger partial charge in [-0.1, -0.05) is 35.3 Å². The van der Waals surface area contributed by atoms with Crippen LogP contribution < -0.4 is 20.7 Å². The molecular formula is C23H19Cl2N3O3S. The number of carbonyl (C=O) groups is 2. The van der Waals surface area contributed by atoms with Gasteiger partial charge in [0, 0.05) is 22.0 Å². The van der Waals surface area contributed by atoms with E-state index in [2.05, 4.69) is 16.0 Å². The van der Waals surface area contributed by atoms with Crippen molar-refractivity contribution in [1.29, 1.82) is 0 Å². The van der Waals surface area contributed by atoms with Crippen LogP contribution in [0.15, 0.2) is 72.8 Å². The second-order valence-corrected chi connectivity index (χ2v) is 7.92. The first kappa shape index (κ1) is 23.5. The van der Waals surface area contributed by atoms with E-state index < -0.39 is 6.10 Å². The first-order chi connectivity index (χ1) is 15.3. The molecule has 3 N–H and O–H groups in total. The summed E-state index contributed by atoms with van der Waals surface area (Å²) in [5.41, 5.74) is 1.65. The molecule has 1 unspecified atom stereocenters. The van der Waals surface area contributed by atoms with Crippen LogP contribution in [0.3, 0.4) is 0 Å². The number of carbonyl (C=O) groups excluding carboxylic acids is 2. The third kappa shape index (κ3) is 6.68. The first-order valence-electron chi connectivity index (χ1n) is 9.52. The molecule has 0 aliphatic carbocycles. The first-order valence-corrected chi connectivity index (χ1v) is 10.7. The van der Waals surface area contributed by atoms with Crippen LogP contribution in [0.5, 0.6) is 5.75 Å². The molecule has 3 aromatic rings. The molecule has 6 nitrogen and oxygen atoms in total. The van der Waals surface area contributed by atoms with Crippen LogP contribution in [0.4, 0.5) is 11.4 Å². The summed E-state index contributed by atoms with van der Waals surface area (Å²) in [5.74, 6) is -0.238. The predicted octanol–water partition coefficient (Wildman–Crippen LogP) is 5.53. The van der Waals surface area contributed by atoms with Crippen LogP contribution in [0.2, 0.25) is 10.0 Å². The molecule has 9 heteroatoms. The molecule has 0 radical (unpaired) electrons. The van der Waals surface area contributed by atoms with Gasteiger partial charge < -0.3 is 15.4 Å². The third-order valence-corrected chi connectivity index (χ3v) is 5.02. The Morgan fingerprint density at radius 1 is 0.875 bits per heavy atom. The van der Waals surface area contributed by atoms with E-state index in [0.29, 0.717) is 32.7 Å². The summed E-state index contributed by atoms with van der Waals surface area (Å²) in [6, 6.07) is 20.2. The monoisotopic (exact) mass is 487 g/mol. The van der Waals surface area contributed by atoms with Crippen molar-refractivity contribution in [3.63, 3.8) is 0 Å². The van der Waals surface area contributed by atoms with E-state index in [1.165, 1.54) is 0 Å². The Bertz CT molecular complexity index is 1120. The van der Waals surface area contributed by atoms with Crippen LogP contribution in [-0.4, -0.2) is 23.0 Å². The minimum Gasteiger partial charge on any atom is -0.479 e. The second kappa shape index (κ2) is 10.9. The highest BCUT2D eigenvalue weighted by Gasteiger charge is 2.16. The lowest BCUT2D eigenvalue weighted by Gasteiger charge is -2.16. The normalized spacial score (nSPS) is 11.2. The maximum absolute atomic E-state index is 12.4. The zero-order valence-electron chi connectivity index (χ0n) is 16.9. The van der Waals surface area contributed by atoms with E-state index >= 15 is 0 Å². The van der Waals surface area contributed by atoms with Gasteiger partial charge >= 0.3 is 0 Å². The van der Waals surface area contributed by atoms with Crippen molar-refractivity contribution in [2.45, 2.75) is 13.0 Å². The highest BCUT2D eigenvalue weighted by Crippen LogP contribution is 2.24. The number of rotatable bonds is 6. The van der Waals surface area contributed by atoms with Crippen molar-refractivity contribution in [1.82, 2.24) is 5.32 Å². The van der Waals surface area contributed by atoms with E-state index in [0.717, 1.165) is 0 Å². The van der Waals surface area contributed by atoms with Crippen molar-refractivity contribution >= 4 is 63.7 Å². The zero-order chi connectivity index (χ0) is 23.1. The molecule has 0 bridgehead atoms. The molecule has 0 heterocycles. The molecule has 0 spiro atoms. The van der Waals surface area contributed by atoms with E-state index in [1.54, 1.807) is 79.7 Å². The van der Waals surface area contributed by atoms with Gasteiger partial charge in [0.15, 0.2) is 11.2 Å². The number of ether oxygens (including phenoxy) is 1. The van der Waals surface area contributed by atoms with Gasteiger partial charge in [-0.3, -0.25) is 14.9 Å². The number of para-hydroxylation sites is 1. The smallest absolute Gasteiger partial charge is 0.265 e. The van der Waals surface area contributed by atoms with Crippen molar-refractivity contribution in [2.75, 3.05) is 10.6 Å². The molecule has 0 saturated heterocycles. The van der Waals surface area contributed by atoms with Crippen LogP contribution in [0, 0.1) is 0 Å². The van der Waals surface area contributed by atoms with Crippen molar-refractivity contribution < 1.29 is 14.3 Å². The molecule has 3 rings (SSSR count). The topological polar surface area (TPSA) is 79.5 Å². The minimum absolute atomic E-state index is 0.142. The Balaban J connectivity index is 1.51. The fraction of sp³-hybridized carbons (Fsp3) is 0.0870. The molecule has 0 aromatic heterocycles. The molecule has 0 aliphatic rings. The summed E-state index contributed by atoms with van der Waals surface area (Å²) in [7, 11) is 0. The maximum Gasteiger partial charge on any atom is 0.265 e. The number of thiocarbonyl (C=S) groups is 1. The number of amides is 2. The lowest BCUT2D eigenvalue weighted by atomic mass is 10.2. The summed E-state index contributed by atoms with van der Waals surface area (Å²) in [5, 5.41) is 9.40. The highest BCUT2D eigenvalue weighted by atomic mass is 35.5. The molecule has 32 heavy (non-hydrogen) atoms. The van der Waals surface area contributed by atoms with E-state index in [9.17, 15) is 9.59 Å². The average Bonchev–Trinajstić information content (AvgIpc) is 2.77. The number of hydrogen-bond donors (Lipinski definition) is 3. The van der Waals surface area contributed by atoms with Crippen molar-refractivity contribution in [2.24, 2.45) is 0 Å². The Kier molecular flexibility index (Phi) is 8.05. The number of benzene rings is 3. The Morgan fingerprint density at radius 2 is 1.47 bits per heavy atom. The number of anilines is 2. The Morgan fingerprint density at radius 3 is 2.09 bits per heavy atom. The molecule has 0 saturated carbocycles. The van der Waals surface area contributed by atoms with Gasteiger partial charge in [0.1, 0.15) is 5.75 Å². The second-order valence-electron chi connectivity index (χ2n) is 6.67. The lowest BCUT2D eigenvalue weighted by molar-refractivity contribution is -0.122. The predicted molar refractivity (Wildman–Crippen MR) is 132 cm³/mol. The molecule has 2 amide bonds. The summed E-state index contributed by atoms with van der Waals surface area (Å²) in [6.45, 7) is 1.64. The number of nitrogens with one attached hydrogen (secondary N) is 3. The van der Waals surface area contributed by atoms with E-state index in [1.807, 2.05) is 0 Å². The van der Waals surface area contributed by atoms with Crippen LogP contribution in [0.25, 0.3) is 0 Å². The van der Waals surface area contributed by atoms with Crippen molar-refractivity contribution in [3.8, 4) is 5.75 Å². The highest BCUT2D eigenvalue weighted by molar-refractivity contribution is 7.80. The fourth-order valence-electron chi connectivity index (χ4n) is 2.60. The van der Waals surface area contributed by atoms with E-state index in [4.69, 9.17) is 40.2 Å². The van der Waals surface area contributed by atoms with Gasteiger partial charge in [-0.25, -0.2) is 0 Å². The van der Waals surface area contributed by atoms with Crippen molar-refractivity contribution in [3.05, 3.63) is 88.4 Å². The largest absolute Gasteiger partial charge is 0.479 e. The Hall–Kier alpha value is -3.13. The summed E-state index contributed by atoms with van der Waals surface area (Å²) < 4.78 is 5.61. The number of halogens is 2. The SMILES string of the molecule is CC(Oc1ccccc1Cl)C(=O)Nc1ccc(NC(=S)NC(=O)c2ccc(Cl)cc2)cc1. The third-order valence-electron chi connectivity index (χ3n) is 4.25. The molecule has 0 aliphatic heterocycles. The minimum atomic E-state index is -0.747. The molecule has 3 aromatic carbocycles. The van der Waals surface area contributed by atoms with Crippen LogP contribution in [0.1, 0.15) is 17.3 Å². The van der Waals surface area contributed by atoms with Crippen LogP contribution in [-0.2, 0) is 4.79 Å². The van der Waals surface area contributed by atoms with Gasteiger partial charge in [-0.2, -0.15) is 0 Å². The van der Waals surface area contributed by atoms with E-state index in [-0.39, 0.29) is 16.9 Å². The quantitative estimate of drug-likeness (QED) is 0.398. The zero-order valence-corrected chi connectivity index (χ0v) is 19.2. The standard InChI is InChI=1S/C23H19Cl2N3O3S/c1-14(31-20-5-3-2-4-19(20)25)21(29)26-17-10-12-18(13-11-17)27-23(32)28-22(30)15-6-8-16(24)9-7-15/h2-14H,1H3,(H,26,29)(H2,27,28,30,32). The summed E-state index contributed by atoms with van der Waals surface area (Å²) in [6.07, 6.45) is -0.747. The van der Waals surface area contributed by atoms with Gasteiger partial charge in [0.05, 0.1) is 5.02 Å². The average molecular weight is 488 g/mol. The summed E-state index contributed by atoms with van der Waals surface area (Å²) in [4.78, 5) is 24.6.